The zero-order valence-corrected chi connectivity index (χ0v) is 47.0. The van der Waals surface area contributed by atoms with Gasteiger partial charge in [0.1, 0.15) is 0 Å². The summed E-state index contributed by atoms with van der Waals surface area (Å²) < 4.78 is 5.48. The fourth-order valence-corrected chi connectivity index (χ4v) is 9.57. The molecule has 1 amide bonds. The molecule has 0 aliphatic carbocycles. The number of allylic oxidation sites excluding steroid dienone is 5. The minimum Gasteiger partial charge on any atom is -0.466 e. The Morgan fingerprint density at radius 1 is 0.386 bits per heavy atom. The lowest BCUT2D eigenvalue weighted by atomic mass is 10.0. The fourth-order valence-electron chi connectivity index (χ4n) is 9.57. The Labute approximate surface area is 436 Å². The van der Waals surface area contributed by atoms with Gasteiger partial charge in [0.05, 0.1) is 25.4 Å². The number of unbranched alkanes of at least 4 members (excludes halogenated alkanes) is 43. The second-order valence-corrected chi connectivity index (χ2v) is 21.4. The molecule has 0 aliphatic rings. The average Bonchev–Trinajstić information content (AvgIpc) is 3.36. The molecule has 6 heteroatoms. The SMILES string of the molecule is CCCCCCCCC/C=C\CCCCCCCC(=O)OCCCCCCCCCCCCC/C=C\CCCCCCCCCC(=O)NC(CO)C(O)/C=C/CCCCCCCCCCCCCCC. The zero-order valence-electron chi connectivity index (χ0n) is 47.0. The van der Waals surface area contributed by atoms with Crippen LogP contribution in [0.5, 0.6) is 0 Å². The van der Waals surface area contributed by atoms with Gasteiger partial charge in [0, 0.05) is 12.8 Å². The summed E-state index contributed by atoms with van der Waals surface area (Å²) in [7, 11) is 0. The van der Waals surface area contributed by atoms with Crippen molar-refractivity contribution in [2.24, 2.45) is 0 Å². The van der Waals surface area contributed by atoms with Gasteiger partial charge >= 0.3 is 5.97 Å². The quantitative estimate of drug-likeness (QED) is 0.0321. The number of nitrogens with one attached hydrogen (secondary N) is 1. The first kappa shape index (κ1) is 68.1. The lowest BCUT2D eigenvalue weighted by Gasteiger charge is -2.20. The molecule has 0 fully saturated rings. The molecule has 0 bridgehead atoms. The third-order valence-corrected chi connectivity index (χ3v) is 14.4. The van der Waals surface area contributed by atoms with E-state index >= 15 is 0 Å². The molecular formula is C64H121NO5. The van der Waals surface area contributed by atoms with Crippen LogP contribution in [-0.2, 0) is 14.3 Å². The molecule has 0 radical (unpaired) electrons. The molecule has 2 unspecified atom stereocenters. The van der Waals surface area contributed by atoms with E-state index in [0.29, 0.717) is 19.4 Å². The van der Waals surface area contributed by atoms with E-state index in [1.807, 2.05) is 6.08 Å². The third-order valence-electron chi connectivity index (χ3n) is 14.4. The number of esters is 1. The standard InChI is InChI=1S/C64H121NO5/c1-3-5-7-9-11-13-15-17-19-30-34-38-42-46-50-54-58-64(69)70-59-55-51-47-43-39-35-31-27-25-23-21-20-22-24-26-29-33-37-41-45-49-53-57-63(68)65-61(60-66)62(67)56-52-48-44-40-36-32-28-18-16-14-12-10-8-6-4-2/h19,22,24,30,52,56,61-62,66-67H,3-18,20-21,23,25-29,31-51,53-55,57-60H2,1-2H3,(H,65,68)/b24-22-,30-19-,56-52+. The second kappa shape index (κ2) is 59.6. The van der Waals surface area contributed by atoms with Crippen molar-refractivity contribution < 1.29 is 24.5 Å². The first-order valence-corrected chi connectivity index (χ1v) is 31.3. The van der Waals surface area contributed by atoms with Crippen molar-refractivity contribution in [2.75, 3.05) is 13.2 Å². The molecule has 0 aromatic carbocycles. The van der Waals surface area contributed by atoms with Crippen LogP contribution in [0.1, 0.15) is 335 Å². The van der Waals surface area contributed by atoms with Crippen LogP contribution in [0.25, 0.3) is 0 Å². The fraction of sp³-hybridized carbons (Fsp3) is 0.875. The molecule has 412 valence electrons. The van der Waals surface area contributed by atoms with E-state index < -0.39 is 12.1 Å². The minimum atomic E-state index is -0.849. The molecule has 70 heavy (non-hydrogen) atoms. The van der Waals surface area contributed by atoms with Gasteiger partial charge in [-0.2, -0.15) is 0 Å². The number of carbonyl (C=O) groups excluding carboxylic acids is 2. The monoisotopic (exact) mass is 984 g/mol. The van der Waals surface area contributed by atoms with E-state index in [1.54, 1.807) is 6.08 Å². The van der Waals surface area contributed by atoms with Gasteiger partial charge in [-0.15, -0.1) is 0 Å². The number of aliphatic hydroxyl groups excluding tert-OH is 2. The Hall–Kier alpha value is -1.92. The predicted octanol–water partition coefficient (Wildman–Crippen LogP) is 19.6. The maximum absolute atomic E-state index is 12.5. The summed E-state index contributed by atoms with van der Waals surface area (Å²) in [5.41, 5.74) is 0. The van der Waals surface area contributed by atoms with Crippen LogP contribution in [0.3, 0.4) is 0 Å². The predicted molar refractivity (Wildman–Crippen MR) is 306 cm³/mol. The average molecular weight is 985 g/mol. The molecule has 0 aromatic heterocycles. The van der Waals surface area contributed by atoms with Crippen LogP contribution >= 0.6 is 0 Å². The number of hydrogen-bond donors (Lipinski definition) is 3. The minimum absolute atomic E-state index is 0.00202. The number of amides is 1. The normalized spacial score (nSPS) is 12.8. The van der Waals surface area contributed by atoms with Crippen LogP contribution in [0.4, 0.5) is 0 Å². The smallest absolute Gasteiger partial charge is 0.305 e. The van der Waals surface area contributed by atoms with Crippen LogP contribution in [0, 0.1) is 0 Å². The van der Waals surface area contributed by atoms with Gasteiger partial charge < -0.3 is 20.3 Å². The van der Waals surface area contributed by atoms with E-state index in [9.17, 15) is 19.8 Å². The van der Waals surface area contributed by atoms with Gasteiger partial charge in [0.2, 0.25) is 5.91 Å². The summed E-state index contributed by atoms with van der Waals surface area (Å²) in [6.45, 7) is 4.90. The highest BCUT2D eigenvalue weighted by Crippen LogP contribution is 2.17. The van der Waals surface area contributed by atoms with Gasteiger partial charge in [0.15, 0.2) is 0 Å². The molecule has 0 spiro atoms. The summed E-state index contributed by atoms with van der Waals surface area (Å²) in [6.07, 6.45) is 74.7. The summed E-state index contributed by atoms with van der Waals surface area (Å²) in [6, 6.07) is -0.633. The lowest BCUT2D eigenvalue weighted by molar-refractivity contribution is -0.143. The van der Waals surface area contributed by atoms with Gasteiger partial charge in [0.25, 0.3) is 0 Å². The topological polar surface area (TPSA) is 95.9 Å². The Morgan fingerprint density at radius 3 is 1.01 bits per heavy atom. The molecule has 0 aliphatic heterocycles. The van der Waals surface area contributed by atoms with Crippen molar-refractivity contribution in [3.05, 3.63) is 36.5 Å². The van der Waals surface area contributed by atoms with Gasteiger partial charge in [-0.1, -0.05) is 275 Å². The van der Waals surface area contributed by atoms with E-state index in [-0.39, 0.29) is 18.5 Å². The first-order valence-electron chi connectivity index (χ1n) is 31.3. The molecule has 2 atom stereocenters. The highest BCUT2D eigenvalue weighted by molar-refractivity contribution is 5.76. The van der Waals surface area contributed by atoms with Crippen molar-refractivity contribution in [1.82, 2.24) is 5.32 Å². The van der Waals surface area contributed by atoms with E-state index in [0.717, 1.165) is 51.4 Å². The number of ether oxygens (including phenoxy) is 1. The molecule has 6 nitrogen and oxygen atoms in total. The maximum Gasteiger partial charge on any atom is 0.305 e. The third kappa shape index (κ3) is 55.4. The van der Waals surface area contributed by atoms with E-state index in [4.69, 9.17) is 4.74 Å². The Balaban J connectivity index is 3.44. The van der Waals surface area contributed by atoms with Gasteiger partial charge in [-0.05, 0) is 83.5 Å². The van der Waals surface area contributed by atoms with Crippen molar-refractivity contribution in [1.29, 1.82) is 0 Å². The summed E-state index contributed by atoms with van der Waals surface area (Å²) in [4.78, 5) is 24.5. The number of aliphatic hydroxyl groups is 2. The number of carbonyl (C=O) groups is 2. The maximum atomic E-state index is 12.5. The summed E-state index contributed by atoms with van der Waals surface area (Å²) in [5.74, 6) is -0.0720. The molecule has 0 saturated carbocycles. The Bertz CT molecular complexity index is 1130. The van der Waals surface area contributed by atoms with Crippen molar-refractivity contribution in [3.8, 4) is 0 Å². The lowest BCUT2D eigenvalue weighted by Crippen LogP contribution is -2.45. The van der Waals surface area contributed by atoms with Crippen molar-refractivity contribution in [3.63, 3.8) is 0 Å². The number of rotatable bonds is 58. The highest BCUT2D eigenvalue weighted by atomic mass is 16.5. The van der Waals surface area contributed by atoms with Crippen molar-refractivity contribution >= 4 is 11.9 Å². The Morgan fingerprint density at radius 2 is 0.671 bits per heavy atom. The van der Waals surface area contributed by atoms with Gasteiger partial charge in [-0.25, -0.2) is 0 Å². The van der Waals surface area contributed by atoms with Crippen LogP contribution in [-0.4, -0.2) is 47.4 Å². The summed E-state index contributed by atoms with van der Waals surface area (Å²) in [5, 5.41) is 23.1. The molecule has 0 rings (SSSR count). The van der Waals surface area contributed by atoms with Gasteiger partial charge in [-0.3, -0.25) is 9.59 Å². The Kier molecular flexibility index (Phi) is 58.0. The van der Waals surface area contributed by atoms with E-state index in [2.05, 4.69) is 43.5 Å². The summed E-state index contributed by atoms with van der Waals surface area (Å²) >= 11 is 0. The van der Waals surface area contributed by atoms with E-state index in [1.165, 1.54) is 257 Å². The first-order chi connectivity index (χ1) is 34.5. The molecule has 0 aromatic rings. The molecular weight excluding hydrogens is 863 g/mol. The molecule has 3 N–H and O–H groups in total. The van der Waals surface area contributed by atoms with Crippen molar-refractivity contribution in [2.45, 2.75) is 347 Å². The highest BCUT2D eigenvalue weighted by Gasteiger charge is 2.18. The zero-order chi connectivity index (χ0) is 50.7. The molecule has 0 saturated heterocycles. The van der Waals surface area contributed by atoms with Crippen LogP contribution in [0.15, 0.2) is 36.5 Å². The van der Waals surface area contributed by atoms with Crippen LogP contribution in [0.2, 0.25) is 0 Å². The molecule has 0 heterocycles. The second-order valence-electron chi connectivity index (χ2n) is 21.4. The number of hydrogen-bond acceptors (Lipinski definition) is 5. The largest absolute Gasteiger partial charge is 0.466 e. The van der Waals surface area contributed by atoms with Crippen LogP contribution < -0.4 is 5.32 Å².